The first-order valence-electron chi connectivity index (χ1n) is 12.4. The standard InChI is InChI=1S/C27H36FN3O4S/c1-20-9-4-5-10-22(20)19-30(21(2)27(33)29-24-11-6-7-12-24)26(32)13-8-18-31(36(3,34)35)25-16-14-23(28)15-17-25/h4-5,9-10,14-17,21,24H,6-8,11-13,18-19H2,1-3H3,(H,29,33). The number of nitrogens with zero attached hydrogens (tertiary/aromatic N) is 2. The second-order valence-corrected chi connectivity index (χ2v) is 11.4. The summed E-state index contributed by atoms with van der Waals surface area (Å²) in [6.45, 7) is 4.06. The van der Waals surface area contributed by atoms with E-state index in [1.807, 2.05) is 31.2 Å². The molecule has 0 heterocycles. The Kier molecular flexibility index (Phi) is 9.48. The van der Waals surface area contributed by atoms with E-state index in [1.165, 1.54) is 28.6 Å². The van der Waals surface area contributed by atoms with Crippen molar-refractivity contribution >= 4 is 27.5 Å². The van der Waals surface area contributed by atoms with Crippen LogP contribution in [-0.2, 0) is 26.2 Å². The van der Waals surface area contributed by atoms with Gasteiger partial charge in [0.25, 0.3) is 0 Å². The van der Waals surface area contributed by atoms with E-state index in [0.717, 1.165) is 43.1 Å². The number of nitrogens with one attached hydrogen (secondary N) is 1. The van der Waals surface area contributed by atoms with Crippen molar-refractivity contribution in [1.29, 1.82) is 0 Å². The number of hydrogen-bond donors (Lipinski definition) is 1. The Hall–Kier alpha value is -2.94. The number of benzene rings is 2. The topological polar surface area (TPSA) is 86.8 Å². The van der Waals surface area contributed by atoms with Crippen molar-refractivity contribution in [3.8, 4) is 0 Å². The summed E-state index contributed by atoms with van der Waals surface area (Å²) < 4.78 is 39.2. The zero-order chi connectivity index (χ0) is 26.3. The molecule has 3 rings (SSSR count). The van der Waals surface area contributed by atoms with Gasteiger partial charge >= 0.3 is 0 Å². The highest BCUT2D eigenvalue weighted by Gasteiger charge is 2.29. The molecular formula is C27H36FN3O4S. The lowest BCUT2D eigenvalue weighted by atomic mass is 10.1. The van der Waals surface area contributed by atoms with Gasteiger partial charge < -0.3 is 10.2 Å². The molecule has 196 valence electrons. The van der Waals surface area contributed by atoms with E-state index in [4.69, 9.17) is 0 Å². The summed E-state index contributed by atoms with van der Waals surface area (Å²) in [5.74, 6) is -0.855. The number of hydrogen-bond acceptors (Lipinski definition) is 4. The molecule has 0 aliphatic heterocycles. The van der Waals surface area contributed by atoms with E-state index in [9.17, 15) is 22.4 Å². The first-order chi connectivity index (χ1) is 17.1. The van der Waals surface area contributed by atoms with Crippen LogP contribution >= 0.6 is 0 Å². The molecular weight excluding hydrogens is 481 g/mol. The maximum Gasteiger partial charge on any atom is 0.242 e. The normalized spacial score (nSPS) is 14.9. The van der Waals surface area contributed by atoms with Crippen LogP contribution in [0.5, 0.6) is 0 Å². The highest BCUT2D eigenvalue weighted by molar-refractivity contribution is 7.92. The zero-order valence-electron chi connectivity index (χ0n) is 21.2. The second kappa shape index (κ2) is 12.3. The molecule has 0 radical (unpaired) electrons. The molecule has 1 fully saturated rings. The fourth-order valence-corrected chi connectivity index (χ4v) is 5.52. The van der Waals surface area contributed by atoms with Gasteiger partial charge in [0.1, 0.15) is 11.9 Å². The number of aryl methyl sites for hydroxylation is 1. The van der Waals surface area contributed by atoms with Crippen LogP contribution in [0.15, 0.2) is 48.5 Å². The van der Waals surface area contributed by atoms with Crippen LogP contribution in [0.2, 0.25) is 0 Å². The largest absolute Gasteiger partial charge is 0.352 e. The monoisotopic (exact) mass is 517 g/mol. The van der Waals surface area contributed by atoms with Gasteiger partial charge in [0.2, 0.25) is 21.8 Å². The molecule has 36 heavy (non-hydrogen) atoms. The van der Waals surface area contributed by atoms with E-state index in [-0.39, 0.29) is 37.2 Å². The molecule has 2 aromatic rings. The maximum atomic E-state index is 13.4. The number of carbonyl (C=O) groups is 2. The van der Waals surface area contributed by atoms with Crippen molar-refractivity contribution in [2.24, 2.45) is 0 Å². The van der Waals surface area contributed by atoms with Crippen LogP contribution in [0.1, 0.15) is 56.6 Å². The quantitative estimate of drug-likeness (QED) is 0.485. The number of amides is 2. The van der Waals surface area contributed by atoms with Gasteiger partial charge in [-0.1, -0.05) is 37.1 Å². The summed E-state index contributed by atoms with van der Waals surface area (Å²) in [5.41, 5.74) is 2.32. The predicted molar refractivity (Wildman–Crippen MR) is 139 cm³/mol. The Bertz CT molecular complexity index is 1150. The van der Waals surface area contributed by atoms with Gasteiger partial charge in [-0.3, -0.25) is 13.9 Å². The SMILES string of the molecule is Cc1ccccc1CN(C(=O)CCCN(c1ccc(F)cc1)S(C)(=O)=O)C(C)C(=O)NC1CCCC1. The number of anilines is 1. The van der Waals surface area contributed by atoms with Gasteiger partial charge in [0.15, 0.2) is 0 Å². The molecule has 7 nitrogen and oxygen atoms in total. The molecule has 1 unspecified atom stereocenters. The molecule has 1 N–H and O–H groups in total. The Morgan fingerprint density at radius 1 is 1.08 bits per heavy atom. The fraction of sp³-hybridized carbons (Fsp3) is 0.481. The van der Waals surface area contributed by atoms with E-state index < -0.39 is 21.9 Å². The minimum absolute atomic E-state index is 0.0665. The highest BCUT2D eigenvalue weighted by atomic mass is 32.2. The molecule has 1 aliphatic carbocycles. The Morgan fingerprint density at radius 3 is 2.33 bits per heavy atom. The summed E-state index contributed by atoms with van der Waals surface area (Å²) in [4.78, 5) is 28.0. The molecule has 9 heteroatoms. The smallest absolute Gasteiger partial charge is 0.242 e. The van der Waals surface area contributed by atoms with Crippen LogP contribution in [0.4, 0.5) is 10.1 Å². The van der Waals surface area contributed by atoms with Gasteiger partial charge in [-0.2, -0.15) is 0 Å². The molecule has 0 spiro atoms. The average molecular weight is 518 g/mol. The van der Waals surface area contributed by atoms with Gasteiger partial charge in [-0.25, -0.2) is 12.8 Å². The first kappa shape index (κ1) is 27.6. The zero-order valence-corrected chi connectivity index (χ0v) is 22.1. The molecule has 0 saturated heterocycles. The van der Waals surface area contributed by atoms with Crippen molar-refractivity contribution in [3.63, 3.8) is 0 Å². The third kappa shape index (κ3) is 7.53. The fourth-order valence-electron chi connectivity index (χ4n) is 4.56. The Labute approximate surface area is 213 Å². The molecule has 2 amide bonds. The van der Waals surface area contributed by atoms with Crippen molar-refractivity contribution < 1.29 is 22.4 Å². The van der Waals surface area contributed by atoms with E-state index >= 15 is 0 Å². The second-order valence-electron chi connectivity index (χ2n) is 9.53. The highest BCUT2D eigenvalue weighted by Crippen LogP contribution is 2.21. The lowest BCUT2D eigenvalue weighted by molar-refractivity contribution is -0.141. The van der Waals surface area contributed by atoms with Crippen LogP contribution in [-0.4, -0.2) is 50.0 Å². The van der Waals surface area contributed by atoms with Crippen LogP contribution in [0.3, 0.4) is 0 Å². The maximum absolute atomic E-state index is 13.4. The van der Waals surface area contributed by atoms with E-state index in [0.29, 0.717) is 12.2 Å². The molecule has 1 aliphatic rings. The summed E-state index contributed by atoms with van der Waals surface area (Å²) in [6, 6.07) is 12.4. The molecule has 2 aromatic carbocycles. The lowest BCUT2D eigenvalue weighted by Crippen LogP contribution is -2.49. The number of rotatable bonds is 11. The predicted octanol–water partition coefficient (Wildman–Crippen LogP) is 4.16. The molecule has 1 saturated carbocycles. The van der Waals surface area contributed by atoms with E-state index in [1.54, 1.807) is 11.8 Å². The molecule has 0 aromatic heterocycles. The van der Waals surface area contributed by atoms with Gasteiger partial charge in [0.05, 0.1) is 11.9 Å². The Balaban J connectivity index is 1.72. The van der Waals surface area contributed by atoms with Gasteiger partial charge in [-0.05, 0) is 68.5 Å². The van der Waals surface area contributed by atoms with Crippen molar-refractivity contribution in [2.75, 3.05) is 17.1 Å². The molecule has 0 bridgehead atoms. The van der Waals surface area contributed by atoms with Gasteiger partial charge in [-0.15, -0.1) is 0 Å². The van der Waals surface area contributed by atoms with Crippen molar-refractivity contribution in [1.82, 2.24) is 10.2 Å². The van der Waals surface area contributed by atoms with Crippen LogP contribution in [0, 0.1) is 12.7 Å². The minimum atomic E-state index is -3.62. The minimum Gasteiger partial charge on any atom is -0.352 e. The number of halogens is 1. The van der Waals surface area contributed by atoms with E-state index in [2.05, 4.69) is 5.32 Å². The third-order valence-corrected chi connectivity index (χ3v) is 7.93. The third-order valence-electron chi connectivity index (χ3n) is 6.74. The number of sulfonamides is 1. The van der Waals surface area contributed by atoms with Crippen molar-refractivity contribution in [2.45, 2.75) is 71.0 Å². The van der Waals surface area contributed by atoms with Gasteiger partial charge in [0, 0.05) is 25.6 Å². The van der Waals surface area contributed by atoms with Crippen LogP contribution in [0.25, 0.3) is 0 Å². The lowest BCUT2D eigenvalue weighted by Gasteiger charge is -2.30. The summed E-state index contributed by atoms with van der Waals surface area (Å²) in [6.07, 6.45) is 5.50. The average Bonchev–Trinajstić information content (AvgIpc) is 3.34. The van der Waals surface area contributed by atoms with Crippen LogP contribution < -0.4 is 9.62 Å². The first-order valence-corrected chi connectivity index (χ1v) is 14.3. The molecule has 1 atom stereocenters. The number of carbonyl (C=O) groups excluding carboxylic acids is 2. The summed E-state index contributed by atoms with van der Waals surface area (Å²) in [7, 11) is -3.62. The van der Waals surface area contributed by atoms with Crippen molar-refractivity contribution in [3.05, 3.63) is 65.5 Å². The summed E-state index contributed by atoms with van der Waals surface area (Å²) in [5, 5.41) is 3.08. The Morgan fingerprint density at radius 2 is 1.72 bits per heavy atom. The summed E-state index contributed by atoms with van der Waals surface area (Å²) >= 11 is 0.